The van der Waals surface area contributed by atoms with Crippen LogP contribution in [0.3, 0.4) is 0 Å². The maximum absolute atomic E-state index is 13.0. The molecule has 2 aromatic rings. The van der Waals surface area contributed by atoms with E-state index in [2.05, 4.69) is 17.4 Å². The van der Waals surface area contributed by atoms with Crippen molar-refractivity contribution >= 4 is 18.0 Å². The van der Waals surface area contributed by atoms with Crippen molar-refractivity contribution in [2.75, 3.05) is 26.3 Å². The summed E-state index contributed by atoms with van der Waals surface area (Å²) in [5, 5.41) is 22.0. The van der Waals surface area contributed by atoms with E-state index in [4.69, 9.17) is 9.47 Å². The molecule has 0 spiro atoms. The average molecular weight is 481 g/mol. The van der Waals surface area contributed by atoms with Crippen molar-refractivity contribution in [3.8, 4) is 11.1 Å². The van der Waals surface area contributed by atoms with Crippen LogP contribution in [0.15, 0.2) is 48.5 Å². The van der Waals surface area contributed by atoms with E-state index in [0.717, 1.165) is 22.3 Å². The van der Waals surface area contributed by atoms with Crippen LogP contribution in [0.2, 0.25) is 0 Å². The van der Waals surface area contributed by atoms with Gasteiger partial charge >= 0.3 is 12.1 Å². The number of carbonyl (C=O) groups excluding carboxylic acids is 2. The van der Waals surface area contributed by atoms with Crippen molar-refractivity contribution in [1.29, 1.82) is 0 Å². The van der Waals surface area contributed by atoms with Gasteiger partial charge in [-0.15, -0.1) is 0 Å². The number of aliphatic hydroxyl groups is 1. The number of carboxylic acids is 1. The average Bonchev–Trinajstić information content (AvgIpc) is 3.57. The van der Waals surface area contributed by atoms with Gasteiger partial charge in [0.2, 0.25) is 0 Å². The second kappa shape index (κ2) is 9.67. The summed E-state index contributed by atoms with van der Waals surface area (Å²) in [6, 6.07) is 15.1. The Morgan fingerprint density at radius 1 is 1.06 bits per heavy atom. The first kappa shape index (κ1) is 23.3. The maximum atomic E-state index is 13.0. The number of carbonyl (C=O) groups is 3. The highest BCUT2D eigenvalue weighted by atomic mass is 16.5. The summed E-state index contributed by atoms with van der Waals surface area (Å²) in [4.78, 5) is 38.2. The highest BCUT2D eigenvalue weighted by Gasteiger charge is 2.45. The molecule has 0 bridgehead atoms. The molecule has 2 heterocycles. The number of nitrogens with zero attached hydrogens (tertiary/aromatic N) is 1. The molecule has 3 aliphatic rings. The number of alkyl carbamates (subject to hydrolysis) is 1. The molecule has 9 nitrogen and oxygen atoms in total. The van der Waals surface area contributed by atoms with Crippen LogP contribution < -0.4 is 5.32 Å². The lowest BCUT2D eigenvalue weighted by molar-refractivity contribution is -0.153. The Kier molecular flexibility index (Phi) is 6.44. The van der Waals surface area contributed by atoms with E-state index in [0.29, 0.717) is 13.0 Å². The summed E-state index contributed by atoms with van der Waals surface area (Å²) in [5.41, 5.74) is 4.54. The summed E-state index contributed by atoms with van der Waals surface area (Å²) in [6.07, 6.45) is -1.77. The second-order valence-corrected chi connectivity index (χ2v) is 9.28. The minimum atomic E-state index is -1.15. The smallest absolute Gasteiger partial charge is 0.407 e. The highest BCUT2D eigenvalue weighted by Crippen LogP contribution is 2.44. The molecule has 5 rings (SSSR count). The summed E-state index contributed by atoms with van der Waals surface area (Å²) >= 11 is 0. The molecule has 0 radical (unpaired) electrons. The fourth-order valence-electron chi connectivity index (χ4n) is 5.43. The van der Waals surface area contributed by atoms with Crippen molar-refractivity contribution in [2.24, 2.45) is 5.92 Å². The minimum absolute atomic E-state index is 0.00351. The molecule has 2 aromatic carbocycles. The Hall–Kier alpha value is -3.43. The number of aliphatic carboxylic acids is 1. The lowest BCUT2D eigenvalue weighted by Gasteiger charge is -2.27. The minimum Gasteiger partial charge on any atom is -0.480 e. The number of β-amino-alcohol motifs (C(OH)–C–C–N with tert-alkyl or cyclic N) is 1. The molecular formula is C26H28N2O7. The van der Waals surface area contributed by atoms with Gasteiger partial charge in [-0.2, -0.15) is 0 Å². The van der Waals surface area contributed by atoms with E-state index in [1.54, 1.807) is 0 Å². The lowest BCUT2D eigenvalue weighted by Crippen LogP contribution is -2.48. The van der Waals surface area contributed by atoms with Gasteiger partial charge in [-0.05, 0) is 28.7 Å². The van der Waals surface area contributed by atoms with Crippen LogP contribution in [0.25, 0.3) is 11.1 Å². The molecule has 4 atom stereocenters. The Morgan fingerprint density at radius 2 is 1.71 bits per heavy atom. The van der Waals surface area contributed by atoms with Crippen LogP contribution in [-0.4, -0.2) is 77.6 Å². The van der Waals surface area contributed by atoms with Crippen molar-refractivity contribution in [3.63, 3.8) is 0 Å². The normalized spacial score (nSPS) is 25.2. The number of hydrogen-bond donors (Lipinski definition) is 3. The van der Waals surface area contributed by atoms with Gasteiger partial charge < -0.3 is 29.9 Å². The zero-order chi connectivity index (χ0) is 24.5. The quantitative estimate of drug-likeness (QED) is 0.577. The Morgan fingerprint density at radius 3 is 2.37 bits per heavy atom. The predicted molar refractivity (Wildman–Crippen MR) is 125 cm³/mol. The fourth-order valence-corrected chi connectivity index (χ4v) is 5.43. The molecule has 0 aromatic heterocycles. The number of aliphatic hydroxyl groups excluding tert-OH is 1. The monoisotopic (exact) mass is 480 g/mol. The summed E-state index contributed by atoms with van der Waals surface area (Å²) in [5.74, 6) is -1.98. The van der Waals surface area contributed by atoms with Gasteiger partial charge in [0.1, 0.15) is 18.8 Å². The molecule has 0 unspecified atom stereocenters. The molecule has 2 amide bonds. The summed E-state index contributed by atoms with van der Waals surface area (Å²) in [6.45, 7) is 0.653. The van der Waals surface area contributed by atoms with Gasteiger partial charge in [0.05, 0.1) is 6.10 Å². The molecule has 1 aliphatic carbocycles. The highest BCUT2D eigenvalue weighted by molar-refractivity contribution is 5.87. The van der Waals surface area contributed by atoms with Gasteiger partial charge in [0.25, 0.3) is 5.91 Å². The molecule has 35 heavy (non-hydrogen) atoms. The molecular weight excluding hydrogens is 452 g/mol. The number of rotatable bonds is 6. The number of likely N-dealkylation sites (tertiary alicyclic amines) is 1. The summed E-state index contributed by atoms with van der Waals surface area (Å²) < 4.78 is 11.2. The van der Waals surface area contributed by atoms with Gasteiger partial charge in [-0.1, -0.05) is 48.5 Å². The van der Waals surface area contributed by atoms with Crippen LogP contribution in [0.1, 0.15) is 29.9 Å². The molecule has 2 fully saturated rings. The van der Waals surface area contributed by atoms with E-state index < -0.39 is 36.2 Å². The van der Waals surface area contributed by atoms with Gasteiger partial charge in [0.15, 0.2) is 0 Å². The molecule has 0 saturated carbocycles. The number of benzene rings is 2. The van der Waals surface area contributed by atoms with E-state index >= 15 is 0 Å². The molecule has 2 saturated heterocycles. The first-order valence-electron chi connectivity index (χ1n) is 11.9. The van der Waals surface area contributed by atoms with Crippen LogP contribution in [0.5, 0.6) is 0 Å². The lowest BCUT2D eigenvalue weighted by atomic mass is 9.98. The number of ether oxygens (including phenoxy) is 2. The fraction of sp³-hybridized carbons (Fsp3) is 0.423. The van der Waals surface area contributed by atoms with Crippen molar-refractivity contribution in [1.82, 2.24) is 10.2 Å². The number of carboxylic acid groups (broad SMARTS) is 1. The number of hydrogen-bond acceptors (Lipinski definition) is 6. The van der Waals surface area contributed by atoms with Crippen molar-refractivity contribution in [3.05, 3.63) is 59.7 Å². The zero-order valence-electron chi connectivity index (χ0n) is 19.1. The number of nitrogens with one attached hydrogen (secondary N) is 1. The van der Waals surface area contributed by atoms with Crippen LogP contribution >= 0.6 is 0 Å². The number of fused-ring (bicyclic) bond motifs is 3. The predicted octanol–water partition coefficient (Wildman–Crippen LogP) is 1.98. The van der Waals surface area contributed by atoms with Crippen molar-refractivity contribution in [2.45, 2.75) is 37.0 Å². The standard InChI is InChI=1S/C26H28N2O7/c29-16-11-22(25(31)32)28(13-16)24(30)23-15(9-10-34-23)12-27-26(33)35-14-21-19-7-3-1-5-17(19)18-6-2-4-8-20(18)21/h1-8,15-16,21-23,29H,9-14H2,(H,27,33)(H,31,32)/t15-,16+,22+,23-/m0/s1. The topological polar surface area (TPSA) is 125 Å². The van der Waals surface area contributed by atoms with E-state index in [1.165, 1.54) is 4.90 Å². The Bertz CT molecular complexity index is 1090. The third-order valence-corrected chi connectivity index (χ3v) is 7.16. The summed E-state index contributed by atoms with van der Waals surface area (Å²) in [7, 11) is 0. The SMILES string of the molecule is O=C(NC[C@@H]1CCO[C@@H]1C(=O)N1C[C@H](O)C[C@@H]1C(=O)O)OCC1c2ccccc2-c2ccccc21. The Balaban J connectivity index is 1.17. The second-order valence-electron chi connectivity index (χ2n) is 9.28. The van der Waals surface area contributed by atoms with Crippen LogP contribution in [0.4, 0.5) is 4.79 Å². The molecule has 9 heteroatoms. The van der Waals surface area contributed by atoms with E-state index in [-0.39, 0.29) is 38.0 Å². The zero-order valence-corrected chi connectivity index (χ0v) is 19.1. The van der Waals surface area contributed by atoms with E-state index in [1.807, 2.05) is 36.4 Å². The molecule has 3 N–H and O–H groups in total. The third kappa shape index (κ3) is 4.49. The largest absolute Gasteiger partial charge is 0.480 e. The molecule has 2 aliphatic heterocycles. The first-order chi connectivity index (χ1) is 16.9. The van der Waals surface area contributed by atoms with Crippen LogP contribution in [-0.2, 0) is 19.1 Å². The molecule has 184 valence electrons. The third-order valence-electron chi connectivity index (χ3n) is 7.16. The van der Waals surface area contributed by atoms with E-state index in [9.17, 15) is 24.6 Å². The Labute approximate surface area is 202 Å². The van der Waals surface area contributed by atoms with Gasteiger partial charge in [-0.25, -0.2) is 9.59 Å². The van der Waals surface area contributed by atoms with Crippen LogP contribution in [0, 0.1) is 5.92 Å². The van der Waals surface area contributed by atoms with Gasteiger partial charge in [-0.3, -0.25) is 4.79 Å². The number of amides is 2. The first-order valence-corrected chi connectivity index (χ1v) is 11.9. The maximum Gasteiger partial charge on any atom is 0.407 e. The van der Waals surface area contributed by atoms with Gasteiger partial charge in [0, 0.05) is 38.0 Å². The van der Waals surface area contributed by atoms with Crippen molar-refractivity contribution < 1.29 is 34.1 Å².